The van der Waals surface area contributed by atoms with Crippen LogP contribution in [0.2, 0.25) is 0 Å². The second kappa shape index (κ2) is 5.77. The molecule has 4 nitrogen and oxygen atoms in total. The number of carbonyl (C=O) groups excluding carboxylic acids is 1. The molecule has 0 bridgehead atoms. The van der Waals surface area contributed by atoms with Crippen molar-refractivity contribution in [1.29, 1.82) is 0 Å². The monoisotopic (exact) mass is 287 g/mol. The van der Waals surface area contributed by atoms with Gasteiger partial charge in [0.15, 0.2) is 0 Å². The van der Waals surface area contributed by atoms with Crippen LogP contribution in [-0.2, 0) is 15.8 Å². The summed E-state index contributed by atoms with van der Waals surface area (Å²) in [4.78, 5) is 21.8. The first kappa shape index (κ1) is 15.7. The van der Waals surface area contributed by atoms with E-state index in [0.717, 1.165) is 31.2 Å². The van der Waals surface area contributed by atoms with Gasteiger partial charge in [0.05, 0.1) is 5.56 Å². The minimum Gasteiger partial charge on any atom is -0.477 e. The lowest BCUT2D eigenvalue weighted by Crippen LogP contribution is -2.24. The fourth-order valence-corrected chi connectivity index (χ4v) is 1.51. The largest absolute Gasteiger partial charge is 0.477 e. The number of nitrogens with one attached hydrogen (secondary N) is 1. The summed E-state index contributed by atoms with van der Waals surface area (Å²) in [7, 11) is 0. The summed E-state index contributed by atoms with van der Waals surface area (Å²) in [5, 5.41) is 11.0. The maximum Gasteiger partial charge on any atom is 0.416 e. The van der Waals surface area contributed by atoms with Crippen molar-refractivity contribution < 1.29 is 27.9 Å². The van der Waals surface area contributed by atoms with E-state index in [2.05, 4.69) is 5.32 Å². The number of carboxylic acid groups (broad SMARTS) is 1. The number of benzene rings is 1. The number of hydrogen-bond acceptors (Lipinski definition) is 2. The predicted molar refractivity (Wildman–Crippen MR) is 65.6 cm³/mol. The van der Waals surface area contributed by atoms with E-state index in [-0.39, 0.29) is 11.1 Å². The van der Waals surface area contributed by atoms with Gasteiger partial charge in [-0.1, -0.05) is 6.07 Å². The first-order chi connectivity index (χ1) is 9.11. The molecule has 20 heavy (non-hydrogen) atoms. The van der Waals surface area contributed by atoms with E-state index >= 15 is 0 Å². The predicted octanol–water partition coefficient (Wildman–Crippen LogP) is 2.58. The highest BCUT2D eigenvalue weighted by Gasteiger charge is 2.30. The van der Waals surface area contributed by atoms with E-state index in [9.17, 15) is 22.8 Å². The molecule has 0 heterocycles. The van der Waals surface area contributed by atoms with E-state index in [1.807, 2.05) is 0 Å². The zero-order valence-electron chi connectivity index (χ0n) is 10.7. The molecule has 0 radical (unpaired) electrons. The van der Waals surface area contributed by atoms with Gasteiger partial charge in [-0.3, -0.25) is 4.79 Å². The smallest absolute Gasteiger partial charge is 0.416 e. The molecule has 0 aliphatic carbocycles. The summed E-state index contributed by atoms with van der Waals surface area (Å²) in [6.45, 7) is 2.56. The molecule has 0 fully saturated rings. The number of aryl methyl sites for hydroxylation is 1. The van der Waals surface area contributed by atoms with Crippen LogP contribution in [0.4, 0.5) is 13.2 Å². The number of halogens is 3. The minimum atomic E-state index is -4.46. The first-order valence-corrected chi connectivity index (χ1v) is 5.51. The third-order valence-electron chi connectivity index (χ3n) is 2.44. The van der Waals surface area contributed by atoms with Crippen LogP contribution in [0.15, 0.2) is 23.9 Å². The minimum absolute atomic E-state index is 0.254. The molecule has 2 N–H and O–H groups in total. The second-order valence-electron chi connectivity index (χ2n) is 4.11. The normalized spacial score (nSPS) is 12.2. The fraction of sp³-hybridized carbons (Fsp3) is 0.231. The van der Waals surface area contributed by atoms with Crippen molar-refractivity contribution in [2.45, 2.75) is 20.0 Å². The maximum absolute atomic E-state index is 12.5. The number of carboxylic acids is 1. The van der Waals surface area contributed by atoms with Crippen molar-refractivity contribution in [2.75, 3.05) is 0 Å². The highest BCUT2D eigenvalue weighted by Crippen LogP contribution is 2.30. The van der Waals surface area contributed by atoms with Gasteiger partial charge in [-0.15, -0.1) is 0 Å². The Hall–Kier alpha value is -2.31. The number of rotatable bonds is 3. The Morgan fingerprint density at radius 3 is 2.30 bits per heavy atom. The number of aliphatic carboxylic acids is 1. The van der Waals surface area contributed by atoms with Gasteiger partial charge >= 0.3 is 12.1 Å². The Morgan fingerprint density at radius 1 is 1.30 bits per heavy atom. The van der Waals surface area contributed by atoms with Gasteiger partial charge < -0.3 is 10.4 Å². The Labute approximate surface area is 112 Å². The molecule has 7 heteroatoms. The van der Waals surface area contributed by atoms with Gasteiger partial charge in [-0.05, 0) is 36.3 Å². The van der Waals surface area contributed by atoms with Crippen molar-refractivity contribution in [3.8, 4) is 0 Å². The summed E-state index contributed by atoms with van der Waals surface area (Å²) in [6, 6.07) is 2.92. The van der Waals surface area contributed by atoms with E-state index in [4.69, 9.17) is 5.11 Å². The van der Waals surface area contributed by atoms with Crippen molar-refractivity contribution in [3.05, 3.63) is 40.6 Å². The number of carbonyl (C=O) groups is 2. The zero-order valence-corrected chi connectivity index (χ0v) is 10.7. The van der Waals surface area contributed by atoms with E-state index in [1.54, 1.807) is 0 Å². The molecule has 0 atom stereocenters. The number of amides is 1. The van der Waals surface area contributed by atoms with Crippen LogP contribution >= 0.6 is 0 Å². The highest BCUT2D eigenvalue weighted by atomic mass is 19.4. The number of hydrogen-bond donors (Lipinski definition) is 2. The quantitative estimate of drug-likeness (QED) is 0.840. The summed E-state index contributed by atoms with van der Waals surface area (Å²) in [5.74, 6) is -1.96. The maximum atomic E-state index is 12.5. The molecule has 1 rings (SSSR count). The molecular formula is C13H12F3NO3. The molecule has 108 valence electrons. The first-order valence-electron chi connectivity index (χ1n) is 5.51. The van der Waals surface area contributed by atoms with Gasteiger partial charge in [0.2, 0.25) is 5.91 Å². The average Bonchev–Trinajstić information content (AvgIpc) is 2.28. The molecule has 0 aromatic heterocycles. The van der Waals surface area contributed by atoms with Crippen LogP contribution in [0.1, 0.15) is 23.6 Å². The lowest BCUT2D eigenvalue weighted by molar-refractivity contribution is -0.137. The van der Waals surface area contributed by atoms with Crippen LogP contribution in [0.25, 0.3) is 6.08 Å². The Balaban J connectivity index is 3.20. The lowest BCUT2D eigenvalue weighted by atomic mass is 10.0. The molecule has 0 saturated heterocycles. The molecular weight excluding hydrogens is 275 g/mol. The second-order valence-corrected chi connectivity index (χ2v) is 4.11. The molecule has 0 spiro atoms. The van der Waals surface area contributed by atoms with Gasteiger partial charge in [-0.25, -0.2) is 4.79 Å². The van der Waals surface area contributed by atoms with Gasteiger partial charge in [0, 0.05) is 6.92 Å². The van der Waals surface area contributed by atoms with E-state index < -0.39 is 29.3 Å². The van der Waals surface area contributed by atoms with Crippen molar-refractivity contribution in [1.82, 2.24) is 5.32 Å². The van der Waals surface area contributed by atoms with Gasteiger partial charge in [0.25, 0.3) is 0 Å². The molecule has 1 amide bonds. The topological polar surface area (TPSA) is 66.4 Å². The highest BCUT2D eigenvalue weighted by molar-refractivity contribution is 5.96. The average molecular weight is 287 g/mol. The molecule has 0 aliphatic rings. The van der Waals surface area contributed by atoms with E-state index in [1.165, 1.54) is 6.92 Å². The van der Waals surface area contributed by atoms with Crippen molar-refractivity contribution in [3.63, 3.8) is 0 Å². The number of alkyl halides is 3. The summed E-state index contributed by atoms with van der Waals surface area (Å²) >= 11 is 0. The van der Waals surface area contributed by atoms with Gasteiger partial charge in [-0.2, -0.15) is 13.2 Å². The Kier molecular flexibility index (Phi) is 4.54. The molecule has 1 aromatic carbocycles. The molecule has 0 aliphatic heterocycles. The SMILES string of the molecule is CC(=O)N/C(=C/c1ccc(C(F)(F)F)cc1C)C(=O)O. The van der Waals surface area contributed by atoms with Crippen LogP contribution in [0.3, 0.4) is 0 Å². The summed E-state index contributed by atoms with van der Waals surface area (Å²) in [6.07, 6.45) is -3.35. The third-order valence-corrected chi connectivity index (χ3v) is 2.44. The summed E-state index contributed by atoms with van der Waals surface area (Å²) < 4.78 is 37.5. The molecule has 0 saturated carbocycles. The Morgan fingerprint density at radius 2 is 1.90 bits per heavy atom. The van der Waals surface area contributed by atoms with Crippen molar-refractivity contribution in [2.24, 2.45) is 0 Å². The third kappa shape index (κ3) is 4.11. The lowest BCUT2D eigenvalue weighted by Gasteiger charge is -2.10. The zero-order chi connectivity index (χ0) is 15.5. The standard InChI is InChI=1S/C13H12F3NO3/c1-7-5-10(13(14,15)16)4-3-9(7)6-11(12(19)20)17-8(2)18/h3-6H,1-2H3,(H,17,18)(H,19,20)/b11-6+. The fourth-order valence-electron chi connectivity index (χ4n) is 1.51. The molecule has 0 unspecified atom stereocenters. The summed E-state index contributed by atoms with van der Waals surface area (Å²) in [5.41, 5.74) is -0.683. The van der Waals surface area contributed by atoms with Crippen LogP contribution < -0.4 is 5.32 Å². The molecule has 1 aromatic rings. The van der Waals surface area contributed by atoms with Crippen LogP contribution in [0, 0.1) is 6.92 Å². The van der Waals surface area contributed by atoms with Crippen LogP contribution in [-0.4, -0.2) is 17.0 Å². The van der Waals surface area contributed by atoms with Gasteiger partial charge in [0.1, 0.15) is 5.70 Å². The van der Waals surface area contributed by atoms with Crippen LogP contribution in [0.5, 0.6) is 0 Å². The van der Waals surface area contributed by atoms with E-state index in [0.29, 0.717) is 0 Å². The van der Waals surface area contributed by atoms with Crippen molar-refractivity contribution >= 4 is 18.0 Å². The Bertz CT molecular complexity index is 577.